The first-order chi connectivity index (χ1) is 9.91. The Hall–Kier alpha value is -1.60. The van der Waals surface area contributed by atoms with Crippen LogP contribution in [0.2, 0.25) is 0 Å². The summed E-state index contributed by atoms with van der Waals surface area (Å²) in [5.74, 6) is 0.0224. The molecule has 116 valence electrons. The quantitative estimate of drug-likeness (QED) is 0.805. The van der Waals surface area contributed by atoms with E-state index in [9.17, 15) is 13.2 Å². The molecule has 0 saturated carbocycles. The third kappa shape index (κ3) is 4.18. The number of nitrogen functional groups attached to an aromatic ring is 1. The van der Waals surface area contributed by atoms with Crippen molar-refractivity contribution in [1.82, 2.24) is 9.62 Å². The van der Waals surface area contributed by atoms with Crippen molar-refractivity contribution in [3.8, 4) is 0 Å². The molecule has 2 rings (SSSR count). The molecule has 6 nitrogen and oxygen atoms in total. The van der Waals surface area contributed by atoms with E-state index < -0.39 is 10.0 Å². The minimum Gasteiger partial charge on any atom is -0.399 e. The molecule has 1 aliphatic heterocycles. The highest BCUT2D eigenvalue weighted by atomic mass is 32.2. The van der Waals surface area contributed by atoms with Crippen LogP contribution in [-0.4, -0.2) is 44.1 Å². The van der Waals surface area contributed by atoms with Gasteiger partial charge >= 0.3 is 0 Å². The smallest absolute Gasteiger partial charge is 0.253 e. The molecular weight excluding hydrogens is 290 g/mol. The lowest BCUT2D eigenvalue weighted by atomic mass is 10.0. The Morgan fingerprint density at radius 3 is 2.62 bits per heavy atom. The van der Waals surface area contributed by atoms with Crippen LogP contribution in [0.4, 0.5) is 5.69 Å². The molecule has 0 radical (unpaired) electrons. The second-order valence-corrected chi connectivity index (χ2v) is 7.26. The number of hydrogen-bond acceptors (Lipinski definition) is 4. The molecule has 7 heteroatoms. The van der Waals surface area contributed by atoms with Gasteiger partial charge < -0.3 is 10.6 Å². The molecule has 1 fully saturated rings. The molecule has 1 aromatic carbocycles. The number of carbonyl (C=O) groups excluding carboxylic acids is 1. The Morgan fingerprint density at radius 1 is 1.38 bits per heavy atom. The van der Waals surface area contributed by atoms with E-state index in [1.54, 1.807) is 36.1 Å². The molecular formula is C14H21N3O3S. The zero-order chi connectivity index (χ0) is 15.5. The van der Waals surface area contributed by atoms with E-state index in [1.165, 1.54) is 0 Å². The Balaban J connectivity index is 1.93. The number of carbonyl (C=O) groups is 1. The topological polar surface area (TPSA) is 92.5 Å². The Morgan fingerprint density at radius 2 is 2.05 bits per heavy atom. The number of nitrogens with zero attached hydrogens (tertiary/aromatic N) is 1. The zero-order valence-corrected chi connectivity index (χ0v) is 12.9. The van der Waals surface area contributed by atoms with Crippen LogP contribution in [0.1, 0.15) is 30.1 Å². The molecule has 0 atom stereocenters. The van der Waals surface area contributed by atoms with Gasteiger partial charge in [-0.2, -0.15) is 0 Å². The molecule has 0 aliphatic carbocycles. The molecule has 0 unspecified atom stereocenters. The number of hydrogen-bond donors (Lipinski definition) is 2. The first kappa shape index (κ1) is 15.8. The van der Waals surface area contributed by atoms with E-state index >= 15 is 0 Å². The lowest BCUT2D eigenvalue weighted by Crippen LogP contribution is -2.46. The number of likely N-dealkylation sites (tertiary alicyclic amines) is 1. The van der Waals surface area contributed by atoms with Crippen LogP contribution in [0.3, 0.4) is 0 Å². The number of anilines is 1. The summed E-state index contributed by atoms with van der Waals surface area (Å²) >= 11 is 0. The molecule has 0 spiro atoms. The summed E-state index contributed by atoms with van der Waals surface area (Å²) in [5, 5.41) is 0. The van der Waals surface area contributed by atoms with Crippen molar-refractivity contribution < 1.29 is 13.2 Å². The largest absolute Gasteiger partial charge is 0.399 e. The first-order valence-electron chi connectivity index (χ1n) is 7.06. The maximum absolute atomic E-state index is 12.3. The highest BCUT2D eigenvalue weighted by Crippen LogP contribution is 2.16. The minimum absolute atomic E-state index is 0.0564. The standard InChI is InChI=1S/C14H21N3O3S/c1-2-21(19,20)16-13-6-8-17(9-7-13)14(18)11-4-3-5-12(15)10-11/h3-5,10,13,16H,2,6-9,15H2,1H3. The van der Waals surface area contributed by atoms with Crippen LogP contribution in [0.5, 0.6) is 0 Å². The Kier molecular flexibility index (Phi) is 4.84. The van der Waals surface area contributed by atoms with Gasteiger partial charge in [0.05, 0.1) is 5.75 Å². The van der Waals surface area contributed by atoms with Gasteiger partial charge in [0.1, 0.15) is 0 Å². The van der Waals surface area contributed by atoms with Crippen LogP contribution in [-0.2, 0) is 10.0 Å². The van der Waals surface area contributed by atoms with Crippen LogP contribution in [0, 0.1) is 0 Å². The number of nitrogens with one attached hydrogen (secondary N) is 1. The number of rotatable bonds is 4. The van der Waals surface area contributed by atoms with Gasteiger partial charge in [0.15, 0.2) is 0 Å². The Labute approximate surface area is 125 Å². The molecule has 0 bridgehead atoms. The molecule has 1 heterocycles. The predicted octanol–water partition coefficient (Wildman–Crippen LogP) is 0.813. The van der Waals surface area contributed by atoms with E-state index in [2.05, 4.69) is 4.72 Å². The van der Waals surface area contributed by atoms with Gasteiger partial charge in [0, 0.05) is 30.4 Å². The van der Waals surface area contributed by atoms with Crippen molar-refractivity contribution in [1.29, 1.82) is 0 Å². The fraction of sp³-hybridized carbons (Fsp3) is 0.500. The third-order valence-corrected chi connectivity index (χ3v) is 5.09. The van der Waals surface area contributed by atoms with Gasteiger partial charge in [-0.3, -0.25) is 4.79 Å². The number of sulfonamides is 1. The van der Waals surface area contributed by atoms with Crippen LogP contribution < -0.4 is 10.5 Å². The van der Waals surface area contributed by atoms with E-state index in [-0.39, 0.29) is 17.7 Å². The molecule has 1 aromatic rings. The summed E-state index contributed by atoms with van der Waals surface area (Å²) in [4.78, 5) is 14.1. The summed E-state index contributed by atoms with van der Waals surface area (Å²) < 4.78 is 25.7. The molecule has 1 amide bonds. The number of nitrogens with two attached hydrogens (primary N) is 1. The SMILES string of the molecule is CCS(=O)(=O)NC1CCN(C(=O)c2cccc(N)c2)CC1. The monoisotopic (exact) mass is 311 g/mol. The number of piperidine rings is 1. The molecule has 21 heavy (non-hydrogen) atoms. The normalized spacial score (nSPS) is 16.9. The van der Waals surface area contributed by atoms with Crippen molar-refractivity contribution in [2.75, 3.05) is 24.6 Å². The van der Waals surface area contributed by atoms with Crippen LogP contribution in [0.15, 0.2) is 24.3 Å². The lowest BCUT2D eigenvalue weighted by Gasteiger charge is -2.32. The van der Waals surface area contributed by atoms with E-state index in [0.29, 0.717) is 37.2 Å². The summed E-state index contributed by atoms with van der Waals surface area (Å²) in [7, 11) is -3.18. The fourth-order valence-electron chi connectivity index (χ4n) is 2.39. The van der Waals surface area contributed by atoms with Gasteiger partial charge in [0.2, 0.25) is 10.0 Å². The van der Waals surface area contributed by atoms with Crippen molar-refractivity contribution in [3.05, 3.63) is 29.8 Å². The predicted molar refractivity (Wildman–Crippen MR) is 82.4 cm³/mol. The van der Waals surface area contributed by atoms with Crippen molar-refractivity contribution in [2.45, 2.75) is 25.8 Å². The lowest BCUT2D eigenvalue weighted by molar-refractivity contribution is 0.0711. The van der Waals surface area contributed by atoms with Crippen molar-refractivity contribution in [2.24, 2.45) is 0 Å². The van der Waals surface area contributed by atoms with E-state index in [1.807, 2.05) is 0 Å². The van der Waals surface area contributed by atoms with E-state index in [4.69, 9.17) is 5.73 Å². The summed E-state index contributed by atoms with van der Waals surface area (Å²) in [5.41, 5.74) is 6.82. The second kappa shape index (κ2) is 6.44. The van der Waals surface area contributed by atoms with E-state index in [0.717, 1.165) is 0 Å². The molecule has 0 aromatic heterocycles. The van der Waals surface area contributed by atoms with Crippen molar-refractivity contribution in [3.63, 3.8) is 0 Å². The average molecular weight is 311 g/mol. The average Bonchev–Trinajstić information content (AvgIpc) is 2.47. The molecule has 1 saturated heterocycles. The van der Waals surface area contributed by atoms with Crippen molar-refractivity contribution >= 4 is 21.6 Å². The van der Waals surface area contributed by atoms with Gasteiger partial charge in [-0.15, -0.1) is 0 Å². The molecule has 1 aliphatic rings. The summed E-state index contributed by atoms with van der Waals surface area (Å²) in [6.45, 7) is 2.70. The van der Waals surface area contributed by atoms with Crippen LogP contribution in [0.25, 0.3) is 0 Å². The fourth-order valence-corrected chi connectivity index (χ4v) is 3.30. The van der Waals surface area contributed by atoms with Gasteiger partial charge in [-0.05, 0) is 38.0 Å². The van der Waals surface area contributed by atoms with Crippen LogP contribution >= 0.6 is 0 Å². The minimum atomic E-state index is -3.18. The number of benzene rings is 1. The number of amides is 1. The highest BCUT2D eigenvalue weighted by molar-refractivity contribution is 7.89. The summed E-state index contributed by atoms with van der Waals surface area (Å²) in [6.07, 6.45) is 1.26. The zero-order valence-electron chi connectivity index (χ0n) is 12.1. The summed E-state index contributed by atoms with van der Waals surface area (Å²) in [6, 6.07) is 6.81. The van der Waals surface area contributed by atoms with Gasteiger partial charge in [-0.25, -0.2) is 13.1 Å². The van der Waals surface area contributed by atoms with Gasteiger partial charge in [0.25, 0.3) is 5.91 Å². The van der Waals surface area contributed by atoms with Gasteiger partial charge in [-0.1, -0.05) is 6.07 Å². The molecule has 3 N–H and O–H groups in total. The second-order valence-electron chi connectivity index (χ2n) is 5.21. The highest BCUT2D eigenvalue weighted by Gasteiger charge is 2.25. The Bertz CT molecular complexity index is 608. The maximum Gasteiger partial charge on any atom is 0.253 e. The first-order valence-corrected chi connectivity index (χ1v) is 8.71. The third-order valence-electron chi connectivity index (χ3n) is 3.64. The maximum atomic E-state index is 12.3.